The first kappa shape index (κ1) is 40.7. The van der Waals surface area contributed by atoms with Crippen molar-refractivity contribution in [2.24, 2.45) is 5.92 Å². The van der Waals surface area contributed by atoms with Gasteiger partial charge in [0.25, 0.3) is 17.5 Å². The van der Waals surface area contributed by atoms with Crippen LogP contribution < -0.4 is 24.5 Å². The number of hydrogen-bond donors (Lipinski definition) is 1. The number of para-hydroxylation sites is 3. The van der Waals surface area contributed by atoms with Crippen LogP contribution in [0.15, 0.2) is 121 Å². The van der Waals surface area contributed by atoms with Crippen LogP contribution in [0, 0.1) is 16.0 Å². The molecule has 316 valence electrons. The number of aliphatic hydroxyl groups is 1. The predicted octanol–water partition coefficient (Wildman–Crippen LogP) is 7.67. The van der Waals surface area contributed by atoms with Crippen LogP contribution in [0.2, 0.25) is 18.6 Å². The van der Waals surface area contributed by atoms with Crippen molar-refractivity contribution in [2.75, 3.05) is 23.5 Å². The second kappa shape index (κ2) is 16.0. The fourth-order valence-corrected chi connectivity index (χ4v) is 13.9. The molecule has 15 heteroatoms. The van der Waals surface area contributed by atoms with Crippen LogP contribution in [-0.4, -0.2) is 64.7 Å². The van der Waals surface area contributed by atoms with Crippen molar-refractivity contribution in [3.63, 3.8) is 0 Å². The van der Waals surface area contributed by atoms with E-state index in [0.717, 1.165) is 16.5 Å². The Balaban J connectivity index is 1.11. The van der Waals surface area contributed by atoms with Crippen LogP contribution in [0.5, 0.6) is 17.2 Å². The number of ether oxygens (including phenoxy) is 3. The van der Waals surface area contributed by atoms with Gasteiger partial charge < -0.3 is 24.2 Å². The van der Waals surface area contributed by atoms with Crippen molar-refractivity contribution >= 4 is 47.8 Å². The number of hydrogen-bond acceptors (Lipinski definition) is 10. The third-order valence-electron chi connectivity index (χ3n) is 12.8. The maximum Gasteiger partial charge on any atom is 0.269 e. The molecule has 2 amide bonds. The van der Waals surface area contributed by atoms with E-state index in [1.165, 1.54) is 12.1 Å². The molecule has 1 aromatic heterocycles. The highest BCUT2D eigenvalue weighted by Crippen LogP contribution is 2.60. The summed E-state index contributed by atoms with van der Waals surface area (Å²) in [5.41, 5.74) is 2.15. The van der Waals surface area contributed by atoms with Gasteiger partial charge in [-0.2, -0.15) is 0 Å². The van der Waals surface area contributed by atoms with Gasteiger partial charge in [0.1, 0.15) is 11.5 Å². The molecule has 1 saturated heterocycles. The van der Waals surface area contributed by atoms with Crippen LogP contribution >= 0.6 is 0 Å². The molecule has 0 aliphatic carbocycles. The third kappa shape index (κ3) is 6.82. The number of benzene rings is 5. The molecular formula is C47H46N6O8Si. The van der Waals surface area contributed by atoms with Crippen LogP contribution in [0.3, 0.4) is 0 Å². The number of methoxy groups -OCH3 is 1. The number of nitro benzene ring substituents is 1. The van der Waals surface area contributed by atoms with E-state index in [-0.39, 0.29) is 36.2 Å². The van der Waals surface area contributed by atoms with E-state index in [1.54, 1.807) is 45.9 Å². The molecular weight excluding hydrogens is 805 g/mol. The van der Waals surface area contributed by atoms with E-state index in [4.69, 9.17) is 14.2 Å². The summed E-state index contributed by atoms with van der Waals surface area (Å²) >= 11 is 0. The Labute approximate surface area is 359 Å². The lowest BCUT2D eigenvalue weighted by Crippen LogP contribution is -2.51. The molecule has 1 fully saturated rings. The first-order valence-electron chi connectivity index (χ1n) is 20.7. The molecule has 1 N–H and O–H groups in total. The minimum Gasteiger partial charge on any atom is -0.497 e. The van der Waals surface area contributed by atoms with Gasteiger partial charge >= 0.3 is 0 Å². The number of amides is 2. The van der Waals surface area contributed by atoms with Gasteiger partial charge in [-0.3, -0.25) is 29.3 Å². The molecule has 4 atom stereocenters. The Morgan fingerprint density at radius 3 is 2.44 bits per heavy atom. The second-order valence-corrected chi connectivity index (χ2v) is 21.3. The van der Waals surface area contributed by atoms with E-state index >= 15 is 4.79 Å². The zero-order valence-electron chi connectivity index (χ0n) is 34.8. The Bertz CT molecular complexity index is 2710. The van der Waals surface area contributed by atoms with Gasteiger partial charge in [0.15, 0.2) is 11.4 Å². The average molecular weight is 851 g/mol. The van der Waals surface area contributed by atoms with Gasteiger partial charge in [0.2, 0.25) is 0 Å². The predicted molar refractivity (Wildman–Crippen MR) is 235 cm³/mol. The molecule has 3 aliphatic heterocycles. The number of aliphatic hydroxyl groups excluding tert-OH is 1. The maximum absolute atomic E-state index is 15.6. The maximum atomic E-state index is 15.6. The molecule has 0 saturated carbocycles. The van der Waals surface area contributed by atoms with E-state index in [0.29, 0.717) is 64.8 Å². The zero-order valence-corrected chi connectivity index (χ0v) is 35.8. The molecule has 5 aromatic carbocycles. The minimum absolute atomic E-state index is 0.0452. The van der Waals surface area contributed by atoms with E-state index in [1.807, 2.05) is 79.9 Å². The third-order valence-corrected chi connectivity index (χ3v) is 17.1. The number of rotatable bonds is 12. The van der Waals surface area contributed by atoms with Crippen LogP contribution in [-0.2, 0) is 34.6 Å². The summed E-state index contributed by atoms with van der Waals surface area (Å²) in [6, 6.07) is 34.6. The van der Waals surface area contributed by atoms with Crippen LogP contribution in [0.4, 0.5) is 22.7 Å². The SMILES string of the molecule is COc1ccc([Si](C)(C)[C@@H]2[C@@H](CCn3cc(CCO)nn3)O[C@]3(C(=O)N(Cc4cccc(N5C(=O)c6ccccc6Oc6ccccc65)c4)c4ccc([N+](=O)[O-])cc43)[C@H]2C)cc1. The van der Waals surface area contributed by atoms with Crippen LogP contribution in [0.1, 0.15) is 40.5 Å². The minimum atomic E-state index is -2.53. The number of nitrogens with zero attached hydrogens (tertiary/aromatic N) is 6. The first-order chi connectivity index (χ1) is 29.9. The van der Waals surface area contributed by atoms with Gasteiger partial charge in [-0.1, -0.05) is 78.9 Å². The van der Waals surface area contributed by atoms with Gasteiger partial charge in [0.05, 0.1) is 55.4 Å². The van der Waals surface area contributed by atoms with Crippen molar-refractivity contribution < 1.29 is 33.8 Å². The highest BCUT2D eigenvalue weighted by Gasteiger charge is 2.66. The van der Waals surface area contributed by atoms with E-state index < -0.39 is 30.6 Å². The summed E-state index contributed by atoms with van der Waals surface area (Å²) in [6.07, 6.45) is 2.23. The topological polar surface area (TPSA) is 162 Å². The van der Waals surface area contributed by atoms with E-state index in [2.05, 4.69) is 35.5 Å². The van der Waals surface area contributed by atoms with E-state index in [9.17, 15) is 20.0 Å². The number of non-ortho nitro benzene ring substituents is 1. The lowest BCUT2D eigenvalue weighted by molar-refractivity contribution is -0.385. The summed E-state index contributed by atoms with van der Waals surface area (Å²) in [6.45, 7) is 7.11. The van der Waals surface area contributed by atoms with Crippen LogP contribution in [0.25, 0.3) is 0 Å². The van der Waals surface area contributed by atoms with Crippen molar-refractivity contribution in [3.05, 3.63) is 154 Å². The molecule has 9 rings (SSSR count). The molecule has 0 radical (unpaired) electrons. The number of carbonyl (C=O) groups is 2. The van der Waals surface area contributed by atoms with Gasteiger partial charge in [-0.25, -0.2) is 0 Å². The first-order valence-corrected chi connectivity index (χ1v) is 23.7. The highest BCUT2D eigenvalue weighted by molar-refractivity contribution is 6.91. The molecule has 4 heterocycles. The fraction of sp³-hybridized carbons (Fsp3) is 0.277. The summed E-state index contributed by atoms with van der Waals surface area (Å²) in [5, 5.41) is 31.5. The number of anilines is 3. The molecule has 6 aromatic rings. The lowest BCUT2D eigenvalue weighted by atomic mass is 9.82. The Kier molecular flexibility index (Phi) is 10.5. The zero-order chi connectivity index (χ0) is 43.3. The molecule has 1 spiro atoms. The molecule has 3 aliphatic rings. The number of aryl methyl sites for hydroxylation is 1. The Morgan fingerprint density at radius 2 is 1.68 bits per heavy atom. The summed E-state index contributed by atoms with van der Waals surface area (Å²) in [5.74, 6) is 0.740. The number of aromatic nitrogens is 3. The molecule has 0 unspecified atom stereocenters. The number of fused-ring (bicyclic) bond motifs is 4. The molecule has 14 nitrogen and oxygen atoms in total. The monoisotopic (exact) mass is 850 g/mol. The smallest absolute Gasteiger partial charge is 0.269 e. The standard InChI is InChI=1S/C47H46N6O8Si/c1-30-44(62(3,4)36-19-17-35(59-2)18-20-36)43(22-24-50-29-32(23-25-54)48-49-50)61-47(30)38-27-34(53(57)58)16-21-39(38)51(46(47)56)28-31-10-9-11-33(26-31)52-40-13-6-8-15-42(40)60-41-14-7-5-12-37(41)45(52)55/h5-21,26-27,29-30,43-44,54H,22-25,28H2,1-4H3/t30-,43+,44-,47+/m0/s1. The highest BCUT2D eigenvalue weighted by atomic mass is 28.3. The normalized spacial score (nSPS) is 20.4. The number of carbonyl (C=O) groups excluding carboxylic acids is 2. The number of nitro groups is 1. The van der Waals surface area contributed by atoms with Crippen molar-refractivity contribution in [2.45, 2.75) is 63.2 Å². The van der Waals surface area contributed by atoms with Gasteiger partial charge in [-0.15, -0.1) is 5.10 Å². The van der Waals surface area contributed by atoms with Crippen molar-refractivity contribution in [1.29, 1.82) is 0 Å². The second-order valence-electron chi connectivity index (χ2n) is 16.6. The lowest BCUT2D eigenvalue weighted by Gasteiger charge is -2.37. The van der Waals surface area contributed by atoms with Gasteiger partial charge in [0, 0.05) is 55.1 Å². The Hall–Kier alpha value is -6.68. The summed E-state index contributed by atoms with van der Waals surface area (Å²) in [7, 11) is -0.901. The summed E-state index contributed by atoms with van der Waals surface area (Å²) in [4.78, 5) is 45.1. The fourth-order valence-electron chi connectivity index (χ4n) is 9.82. The average Bonchev–Trinajstić information content (AvgIpc) is 3.90. The van der Waals surface area contributed by atoms with Crippen molar-refractivity contribution in [1.82, 2.24) is 15.0 Å². The largest absolute Gasteiger partial charge is 0.497 e. The Morgan fingerprint density at radius 1 is 0.919 bits per heavy atom. The van der Waals surface area contributed by atoms with Gasteiger partial charge in [-0.05, 0) is 72.1 Å². The molecule has 0 bridgehead atoms. The quantitative estimate of drug-likeness (QED) is 0.0735. The molecule has 62 heavy (non-hydrogen) atoms. The van der Waals surface area contributed by atoms with Crippen molar-refractivity contribution in [3.8, 4) is 17.2 Å². The summed E-state index contributed by atoms with van der Waals surface area (Å²) < 4.78 is 20.7.